The topological polar surface area (TPSA) is 78.3 Å². The number of aromatic nitrogens is 3. The summed E-state index contributed by atoms with van der Waals surface area (Å²) in [6.45, 7) is 1.70. The Labute approximate surface area is 177 Å². The zero-order chi connectivity index (χ0) is 21.7. The van der Waals surface area contributed by atoms with Crippen LogP contribution in [0.3, 0.4) is 0 Å². The maximum atomic E-state index is 12.9. The molecule has 0 spiro atoms. The van der Waals surface area contributed by atoms with Gasteiger partial charge in [0, 0.05) is 18.8 Å². The smallest absolute Gasteiger partial charge is 0.341 e. The van der Waals surface area contributed by atoms with E-state index in [1.807, 2.05) is 30.3 Å². The molecule has 4 rings (SSSR count). The van der Waals surface area contributed by atoms with Crippen molar-refractivity contribution in [2.24, 2.45) is 5.10 Å². The molecule has 31 heavy (non-hydrogen) atoms. The van der Waals surface area contributed by atoms with E-state index in [0.29, 0.717) is 17.5 Å². The lowest BCUT2D eigenvalue weighted by molar-refractivity contribution is -0.137. The molecule has 1 saturated heterocycles. The Morgan fingerprint density at radius 2 is 1.65 bits per heavy atom. The summed E-state index contributed by atoms with van der Waals surface area (Å²) in [6, 6.07) is 14.4. The van der Waals surface area contributed by atoms with Crippen LogP contribution in [0.4, 0.5) is 36.7 Å². The summed E-state index contributed by atoms with van der Waals surface area (Å²) < 4.78 is 38.6. The largest absolute Gasteiger partial charge is 0.416 e. The molecular weight excluding hydrogens is 407 g/mol. The minimum Gasteiger partial charge on any atom is -0.341 e. The van der Waals surface area contributed by atoms with Crippen LogP contribution in [0.25, 0.3) is 0 Å². The number of hydrogen-bond donors (Lipinski definition) is 2. The van der Waals surface area contributed by atoms with Crippen molar-refractivity contribution in [3.05, 3.63) is 65.7 Å². The molecule has 10 heteroatoms. The van der Waals surface area contributed by atoms with E-state index in [2.05, 4.69) is 35.7 Å². The summed E-state index contributed by atoms with van der Waals surface area (Å²) >= 11 is 0. The lowest BCUT2D eigenvalue weighted by Gasteiger charge is -2.16. The third-order valence-corrected chi connectivity index (χ3v) is 4.63. The van der Waals surface area contributed by atoms with Crippen LogP contribution in [0.2, 0.25) is 0 Å². The van der Waals surface area contributed by atoms with Gasteiger partial charge >= 0.3 is 6.18 Å². The Morgan fingerprint density at radius 3 is 2.39 bits per heavy atom. The van der Waals surface area contributed by atoms with E-state index in [4.69, 9.17) is 0 Å². The first-order valence-electron chi connectivity index (χ1n) is 9.77. The summed E-state index contributed by atoms with van der Waals surface area (Å²) in [4.78, 5) is 15.3. The first-order valence-corrected chi connectivity index (χ1v) is 9.77. The van der Waals surface area contributed by atoms with Crippen LogP contribution in [0.1, 0.15) is 24.0 Å². The molecule has 0 unspecified atom stereocenters. The molecule has 0 aliphatic carbocycles. The van der Waals surface area contributed by atoms with Gasteiger partial charge in [-0.05, 0) is 42.7 Å². The average molecular weight is 427 g/mol. The van der Waals surface area contributed by atoms with Gasteiger partial charge in [0.2, 0.25) is 17.8 Å². The number of rotatable bonds is 6. The van der Waals surface area contributed by atoms with Crippen LogP contribution in [-0.4, -0.2) is 34.3 Å². The SMILES string of the molecule is FC(F)(F)c1cccc(/C=N/Nc2nc(Nc3ccccc3)nc(N3CCCC3)n2)c1. The number of alkyl halides is 3. The minimum absolute atomic E-state index is 0.193. The second-order valence-corrected chi connectivity index (χ2v) is 6.96. The standard InChI is InChI=1S/C21H20F3N7/c22-21(23,24)16-8-6-7-15(13-16)14-25-30-19-27-18(26-17-9-2-1-3-10-17)28-20(29-19)31-11-4-5-12-31/h1-3,6-10,13-14H,4-5,11-12H2,(H2,26,27,28,29,30)/b25-14+. The number of nitrogens with one attached hydrogen (secondary N) is 2. The zero-order valence-corrected chi connectivity index (χ0v) is 16.5. The van der Waals surface area contributed by atoms with Crippen molar-refractivity contribution >= 4 is 29.7 Å². The van der Waals surface area contributed by atoms with Gasteiger partial charge in [0.1, 0.15) is 0 Å². The molecule has 0 atom stereocenters. The van der Waals surface area contributed by atoms with Crippen molar-refractivity contribution in [1.82, 2.24) is 15.0 Å². The van der Waals surface area contributed by atoms with Crippen LogP contribution in [0.15, 0.2) is 59.7 Å². The van der Waals surface area contributed by atoms with Gasteiger partial charge in [-0.2, -0.15) is 33.2 Å². The number of anilines is 4. The number of hydrazone groups is 1. The molecule has 7 nitrogen and oxygen atoms in total. The minimum atomic E-state index is -4.41. The maximum absolute atomic E-state index is 12.9. The van der Waals surface area contributed by atoms with Crippen molar-refractivity contribution in [3.63, 3.8) is 0 Å². The summed E-state index contributed by atoms with van der Waals surface area (Å²) in [6.07, 6.45) is -1.000. The third-order valence-electron chi connectivity index (χ3n) is 4.63. The number of nitrogens with zero attached hydrogens (tertiary/aromatic N) is 5. The predicted molar refractivity (Wildman–Crippen MR) is 114 cm³/mol. The van der Waals surface area contributed by atoms with Gasteiger partial charge in [-0.1, -0.05) is 30.3 Å². The second kappa shape index (κ2) is 8.99. The Bertz CT molecular complexity index is 1050. The van der Waals surface area contributed by atoms with Crippen LogP contribution >= 0.6 is 0 Å². The highest BCUT2D eigenvalue weighted by molar-refractivity contribution is 5.80. The molecule has 1 fully saturated rings. The average Bonchev–Trinajstić information content (AvgIpc) is 3.29. The van der Waals surface area contributed by atoms with Crippen molar-refractivity contribution in [2.75, 3.05) is 28.7 Å². The highest BCUT2D eigenvalue weighted by Gasteiger charge is 2.30. The van der Waals surface area contributed by atoms with Crippen molar-refractivity contribution in [2.45, 2.75) is 19.0 Å². The quantitative estimate of drug-likeness (QED) is 0.439. The summed E-state index contributed by atoms with van der Waals surface area (Å²) in [5.74, 6) is 1.06. The summed E-state index contributed by atoms with van der Waals surface area (Å²) in [5, 5.41) is 7.14. The lowest BCUT2D eigenvalue weighted by Crippen LogP contribution is -2.21. The van der Waals surface area contributed by atoms with E-state index in [0.717, 1.165) is 43.8 Å². The molecule has 2 N–H and O–H groups in total. The maximum Gasteiger partial charge on any atom is 0.416 e. The van der Waals surface area contributed by atoms with Gasteiger partial charge in [0.05, 0.1) is 11.8 Å². The number of para-hydroxylation sites is 1. The van der Waals surface area contributed by atoms with Gasteiger partial charge in [-0.15, -0.1) is 0 Å². The first-order chi connectivity index (χ1) is 15.0. The zero-order valence-electron chi connectivity index (χ0n) is 16.5. The molecule has 1 aliphatic heterocycles. The summed E-state index contributed by atoms with van der Waals surface area (Å²) in [5.41, 5.74) is 3.09. The van der Waals surface area contributed by atoms with Gasteiger partial charge in [0.15, 0.2) is 0 Å². The van der Waals surface area contributed by atoms with Gasteiger partial charge < -0.3 is 10.2 Å². The van der Waals surface area contributed by atoms with Crippen molar-refractivity contribution in [3.8, 4) is 0 Å². The Balaban J connectivity index is 1.54. The van der Waals surface area contributed by atoms with E-state index >= 15 is 0 Å². The van der Waals surface area contributed by atoms with Gasteiger partial charge in [0.25, 0.3) is 0 Å². The fourth-order valence-electron chi connectivity index (χ4n) is 3.14. The molecule has 0 saturated carbocycles. The predicted octanol–water partition coefficient (Wildman–Crippen LogP) is 4.68. The van der Waals surface area contributed by atoms with Crippen LogP contribution < -0.4 is 15.6 Å². The molecule has 2 aromatic carbocycles. The molecule has 3 aromatic rings. The van der Waals surface area contributed by atoms with E-state index in [1.165, 1.54) is 18.3 Å². The molecule has 0 amide bonds. The van der Waals surface area contributed by atoms with E-state index in [-0.39, 0.29) is 5.95 Å². The summed E-state index contributed by atoms with van der Waals surface area (Å²) in [7, 11) is 0. The van der Waals surface area contributed by atoms with Crippen LogP contribution in [0, 0.1) is 0 Å². The molecule has 1 aromatic heterocycles. The Hall–Kier alpha value is -3.69. The molecule has 160 valence electrons. The first kappa shape index (κ1) is 20.6. The monoisotopic (exact) mass is 427 g/mol. The van der Waals surface area contributed by atoms with E-state index in [1.54, 1.807) is 0 Å². The molecule has 2 heterocycles. The highest BCUT2D eigenvalue weighted by atomic mass is 19.4. The van der Waals surface area contributed by atoms with Crippen molar-refractivity contribution in [1.29, 1.82) is 0 Å². The van der Waals surface area contributed by atoms with Crippen LogP contribution in [0.5, 0.6) is 0 Å². The van der Waals surface area contributed by atoms with Crippen molar-refractivity contribution < 1.29 is 13.2 Å². The molecule has 1 aliphatic rings. The highest BCUT2D eigenvalue weighted by Crippen LogP contribution is 2.29. The van der Waals surface area contributed by atoms with E-state index in [9.17, 15) is 13.2 Å². The number of halogens is 3. The molecule has 0 radical (unpaired) electrons. The molecular formula is C21H20F3N7. The molecule has 0 bridgehead atoms. The fourth-order valence-corrected chi connectivity index (χ4v) is 3.14. The number of benzene rings is 2. The normalized spacial score (nSPS) is 14.2. The Kier molecular flexibility index (Phi) is 5.96. The third kappa shape index (κ3) is 5.47. The Morgan fingerprint density at radius 1 is 0.903 bits per heavy atom. The number of hydrogen-bond acceptors (Lipinski definition) is 7. The lowest BCUT2D eigenvalue weighted by atomic mass is 10.1. The fraction of sp³-hybridized carbons (Fsp3) is 0.238. The van der Waals surface area contributed by atoms with E-state index < -0.39 is 11.7 Å². The second-order valence-electron chi connectivity index (χ2n) is 6.96. The van der Waals surface area contributed by atoms with Gasteiger partial charge in [-0.25, -0.2) is 5.43 Å². The van der Waals surface area contributed by atoms with Crippen LogP contribution in [-0.2, 0) is 6.18 Å². The van der Waals surface area contributed by atoms with Gasteiger partial charge in [-0.3, -0.25) is 0 Å².